The number of rotatable bonds is 7. The summed E-state index contributed by atoms with van der Waals surface area (Å²) in [6.45, 7) is 3.18. The average Bonchev–Trinajstić information content (AvgIpc) is 2.53. The molecule has 0 radical (unpaired) electrons. The summed E-state index contributed by atoms with van der Waals surface area (Å²) < 4.78 is 0. The van der Waals surface area contributed by atoms with Gasteiger partial charge in [-0.05, 0) is 31.6 Å². The largest absolute Gasteiger partial charge is 0.308 e. The number of nitrogens with one attached hydrogen (secondary N) is 1. The van der Waals surface area contributed by atoms with Crippen LogP contribution in [-0.2, 0) is 0 Å². The van der Waals surface area contributed by atoms with Crippen LogP contribution in [0, 0.1) is 0 Å². The molecule has 2 rings (SSSR count). The molecule has 2 aromatic rings. The van der Waals surface area contributed by atoms with Crippen molar-refractivity contribution in [2.45, 2.75) is 25.4 Å². The van der Waals surface area contributed by atoms with Crippen molar-refractivity contribution in [3.8, 4) is 0 Å². The van der Waals surface area contributed by atoms with E-state index in [1.807, 2.05) is 0 Å². The van der Waals surface area contributed by atoms with E-state index in [0.29, 0.717) is 12.1 Å². The van der Waals surface area contributed by atoms with Gasteiger partial charge in [0.05, 0.1) is 0 Å². The van der Waals surface area contributed by atoms with E-state index in [-0.39, 0.29) is 0 Å². The molecular weight excluding hydrogens is 256 g/mol. The van der Waals surface area contributed by atoms with Crippen LogP contribution >= 0.6 is 0 Å². The van der Waals surface area contributed by atoms with Crippen LogP contribution in [0.15, 0.2) is 60.7 Å². The molecule has 0 fully saturated rings. The fourth-order valence-electron chi connectivity index (χ4n) is 2.71. The van der Waals surface area contributed by atoms with Crippen molar-refractivity contribution < 1.29 is 0 Å². The van der Waals surface area contributed by atoms with E-state index in [0.717, 1.165) is 13.0 Å². The highest BCUT2D eigenvalue weighted by Gasteiger charge is 2.16. The first-order valence-electron chi connectivity index (χ1n) is 7.72. The van der Waals surface area contributed by atoms with Crippen molar-refractivity contribution in [1.29, 1.82) is 0 Å². The Morgan fingerprint density at radius 2 is 1.38 bits per heavy atom. The van der Waals surface area contributed by atoms with Crippen LogP contribution in [0.1, 0.15) is 36.6 Å². The molecule has 0 spiro atoms. The van der Waals surface area contributed by atoms with Crippen LogP contribution < -0.4 is 5.32 Å². The summed E-state index contributed by atoms with van der Waals surface area (Å²) in [6, 6.07) is 22.2. The second-order valence-corrected chi connectivity index (χ2v) is 5.67. The lowest BCUT2D eigenvalue weighted by Crippen LogP contribution is -2.33. The van der Waals surface area contributed by atoms with E-state index in [9.17, 15) is 0 Å². The lowest BCUT2D eigenvalue weighted by molar-refractivity contribution is 0.278. The zero-order valence-corrected chi connectivity index (χ0v) is 13.3. The summed E-state index contributed by atoms with van der Waals surface area (Å²) in [7, 11) is 4.28. The summed E-state index contributed by atoms with van der Waals surface area (Å²) in [6.07, 6.45) is 1.10. The number of nitrogens with zero attached hydrogens (tertiary/aromatic N) is 1. The van der Waals surface area contributed by atoms with E-state index in [2.05, 4.69) is 91.9 Å². The topological polar surface area (TPSA) is 15.3 Å². The molecular formula is C19H26N2. The second-order valence-electron chi connectivity index (χ2n) is 5.67. The molecule has 2 atom stereocenters. The third kappa shape index (κ3) is 4.42. The molecule has 0 amide bonds. The SMILES string of the molecule is CCC(NCC(c1ccccc1)N(C)C)c1ccccc1. The number of benzene rings is 2. The van der Waals surface area contributed by atoms with Crippen molar-refractivity contribution in [2.75, 3.05) is 20.6 Å². The number of hydrogen-bond donors (Lipinski definition) is 1. The molecule has 2 unspecified atom stereocenters. The van der Waals surface area contributed by atoms with Gasteiger partial charge in [0.25, 0.3) is 0 Å². The number of hydrogen-bond acceptors (Lipinski definition) is 2. The van der Waals surface area contributed by atoms with E-state index >= 15 is 0 Å². The van der Waals surface area contributed by atoms with Crippen molar-refractivity contribution in [3.05, 3.63) is 71.8 Å². The summed E-state index contributed by atoms with van der Waals surface area (Å²) in [4.78, 5) is 2.28. The Kier molecular flexibility index (Phi) is 5.97. The second kappa shape index (κ2) is 7.96. The molecule has 1 N–H and O–H groups in total. The van der Waals surface area contributed by atoms with Gasteiger partial charge in [-0.3, -0.25) is 0 Å². The molecule has 2 heteroatoms. The minimum atomic E-state index is 0.393. The van der Waals surface area contributed by atoms with E-state index in [1.165, 1.54) is 11.1 Å². The van der Waals surface area contributed by atoms with Crippen LogP contribution in [0.25, 0.3) is 0 Å². The van der Waals surface area contributed by atoms with Crippen molar-refractivity contribution >= 4 is 0 Å². The highest BCUT2D eigenvalue weighted by atomic mass is 15.1. The maximum atomic E-state index is 3.72. The molecule has 21 heavy (non-hydrogen) atoms. The fourth-order valence-corrected chi connectivity index (χ4v) is 2.71. The molecule has 2 aromatic carbocycles. The maximum Gasteiger partial charge on any atom is 0.0467 e. The Morgan fingerprint density at radius 1 is 0.857 bits per heavy atom. The summed E-state index contributed by atoms with van der Waals surface area (Å²) in [5.74, 6) is 0. The van der Waals surface area contributed by atoms with Gasteiger partial charge in [0, 0.05) is 18.6 Å². The van der Waals surface area contributed by atoms with Crippen LogP contribution in [0.2, 0.25) is 0 Å². The minimum Gasteiger partial charge on any atom is -0.308 e. The van der Waals surface area contributed by atoms with Gasteiger partial charge >= 0.3 is 0 Å². The minimum absolute atomic E-state index is 0.393. The smallest absolute Gasteiger partial charge is 0.0467 e. The predicted octanol–water partition coefficient (Wildman–Crippen LogP) is 4.03. The Morgan fingerprint density at radius 3 is 1.86 bits per heavy atom. The van der Waals surface area contributed by atoms with Gasteiger partial charge in [-0.25, -0.2) is 0 Å². The first-order chi connectivity index (χ1) is 10.2. The van der Waals surface area contributed by atoms with Crippen LogP contribution in [0.4, 0.5) is 0 Å². The van der Waals surface area contributed by atoms with Crippen molar-refractivity contribution in [2.24, 2.45) is 0 Å². The monoisotopic (exact) mass is 282 g/mol. The summed E-state index contributed by atoms with van der Waals surface area (Å²) in [5.41, 5.74) is 2.73. The number of likely N-dealkylation sites (N-methyl/N-ethyl adjacent to an activating group) is 1. The Labute approximate surface area is 128 Å². The lowest BCUT2D eigenvalue weighted by atomic mass is 10.0. The van der Waals surface area contributed by atoms with E-state index < -0.39 is 0 Å². The predicted molar refractivity (Wildman–Crippen MR) is 90.3 cm³/mol. The quantitative estimate of drug-likeness (QED) is 0.825. The molecule has 0 aliphatic carbocycles. The van der Waals surface area contributed by atoms with Gasteiger partial charge < -0.3 is 10.2 Å². The third-order valence-corrected chi connectivity index (χ3v) is 3.98. The molecule has 0 aliphatic heterocycles. The molecule has 0 saturated carbocycles. The Hall–Kier alpha value is -1.64. The highest BCUT2D eigenvalue weighted by molar-refractivity contribution is 5.21. The highest BCUT2D eigenvalue weighted by Crippen LogP contribution is 2.20. The first-order valence-corrected chi connectivity index (χ1v) is 7.72. The molecule has 112 valence electrons. The van der Waals surface area contributed by atoms with Gasteiger partial charge in [-0.15, -0.1) is 0 Å². The molecule has 2 nitrogen and oxygen atoms in total. The maximum absolute atomic E-state index is 3.72. The molecule has 0 aliphatic rings. The third-order valence-electron chi connectivity index (χ3n) is 3.98. The zero-order valence-electron chi connectivity index (χ0n) is 13.3. The van der Waals surface area contributed by atoms with Crippen LogP contribution in [0.5, 0.6) is 0 Å². The Bertz CT molecular complexity index is 508. The van der Waals surface area contributed by atoms with Crippen molar-refractivity contribution in [1.82, 2.24) is 10.2 Å². The Balaban J connectivity index is 2.04. The molecule has 0 saturated heterocycles. The van der Waals surface area contributed by atoms with E-state index in [4.69, 9.17) is 0 Å². The standard InChI is InChI=1S/C19H26N2/c1-4-18(16-11-7-5-8-12-16)20-15-19(21(2)3)17-13-9-6-10-14-17/h5-14,18-20H,4,15H2,1-3H3. The molecule has 0 heterocycles. The van der Waals surface area contributed by atoms with Crippen LogP contribution in [-0.4, -0.2) is 25.5 Å². The van der Waals surface area contributed by atoms with Gasteiger partial charge in [0.1, 0.15) is 0 Å². The van der Waals surface area contributed by atoms with Gasteiger partial charge in [0.2, 0.25) is 0 Å². The van der Waals surface area contributed by atoms with Gasteiger partial charge in [-0.2, -0.15) is 0 Å². The first kappa shape index (κ1) is 15.7. The van der Waals surface area contributed by atoms with E-state index in [1.54, 1.807) is 0 Å². The van der Waals surface area contributed by atoms with Gasteiger partial charge in [-0.1, -0.05) is 67.6 Å². The zero-order chi connectivity index (χ0) is 15.1. The van der Waals surface area contributed by atoms with Crippen LogP contribution in [0.3, 0.4) is 0 Å². The molecule has 0 bridgehead atoms. The molecule has 0 aromatic heterocycles. The van der Waals surface area contributed by atoms with Gasteiger partial charge in [0.15, 0.2) is 0 Å². The normalized spacial score (nSPS) is 14.1. The summed E-state index contributed by atoms with van der Waals surface area (Å²) in [5, 5.41) is 3.72. The average molecular weight is 282 g/mol. The van der Waals surface area contributed by atoms with Crippen molar-refractivity contribution in [3.63, 3.8) is 0 Å². The summed E-state index contributed by atoms with van der Waals surface area (Å²) >= 11 is 0. The fraction of sp³-hybridized carbons (Fsp3) is 0.368. The lowest BCUT2D eigenvalue weighted by Gasteiger charge is -2.28.